The van der Waals surface area contributed by atoms with E-state index in [0.29, 0.717) is 25.3 Å². The molecule has 0 aromatic heterocycles. The highest BCUT2D eigenvalue weighted by molar-refractivity contribution is 7.89. The van der Waals surface area contributed by atoms with Crippen molar-refractivity contribution in [2.24, 2.45) is 5.92 Å². The fourth-order valence-corrected chi connectivity index (χ4v) is 6.33. The van der Waals surface area contributed by atoms with E-state index in [-0.39, 0.29) is 34.7 Å². The first kappa shape index (κ1) is 26.6. The van der Waals surface area contributed by atoms with Crippen molar-refractivity contribution >= 4 is 27.5 Å². The number of nitrogens with one attached hydrogen (secondary N) is 2. The predicted molar refractivity (Wildman–Crippen MR) is 134 cm³/mol. The van der Waals surface area contributed by atoms with Crippen LogP contribution in [-0.2, 0) is 19.6 Å². The fraction of sp³-hybridized carbons (Fsp3) is 0.680. The van der Waals surface area contributed by atoms with Crippen LogP contribution in [0.15, 0.2) is 29.2 Å². The first-order chi connectivity index (χ1) is 16.2. The van der Waals surface area contributed by atoms with E-state index in [0.717, 1.165) is 51.5 Å². The Hall–Kier alpha value is -1.97. The molecule has 3 rings (SSSR count). The third-order valence-electron chi connectivity index (χ3n) is 6.94. The number of sulfonamides is 1. The van der Waals surface area contributed by atoms with Crippen molar-refractivity contribution in [3.63, 3.8) is 0 Å². The Morgan fingerprint density at radius 2 is 1.71 bits per heavy atom. The Balaban J connectivity index is 1.56. The molecule has 2 heterocycles. The zero-order chi connectivity index (χ0) is 24.7. The van der Waals surface area contributed by atoms with Gasteiger partial charge in [-0.05, 0) is 76.8 Å². The number of anilines is 1. The van der Waals surface area contributed by atoms with E-state index < -0.39 is 10.0 Å². The molecule has 0 spiro atoms. The van der Waals surface area contributed by atoms with Gasteiger partial charge in [0.25, 0.3) is 0 Å². The number of benzene rings is 1. The lowest BCUT2D eigenvalue weighted by molar-refractivity contribution is -0.129. The van der Waals surface area contributed by atoms with E-state index in [4.69, 9.17) is 0 Å². The summed E-state index contributed by atoms with van der Waals surface area (Å²) in [5, 5.41) is 6.00. The Bertz CT molecular complexity index is 929. The molecular weight excluding hydrogens is 452 g/mol. The third-order valence-corrected chi connectivity index (χ3v) is 8.85. The average molecular weight is 493 g/mol. The van der Waals surface area contributed by atoms with Crippen LogP contribution in [0.25, 0.3) is 0 Å². The van der Waals surface area contributed by atoms with Gasteiger partial charge in [-0.25, -0.2) is 8.42 Å². The molecule has 1 aromatic rings. The molecule has 2 saturated heterocycles. The highest BCUT2D eigenvalue weighted by Crippen LogP contribution is 2.23. The number of hydrogen-bond acceptors (Lipinski definition) is 5. The molecule has 0 saturated carbocycles. The smallest absolute Gasteiger partial charge is 0.243 e. The summed E-state index contributed by atoms with van der Waals surface area (Å²) in [7, 11) is -3.49. The van der Waals surface area contributed by atoms with Crippen LogP contribution in [0, 0.1) is 5.92 Å². The van der Waals surface area contributed by atoms with Crippen molar-refractivity contribution in [3.05, 3.63) is 24.3 Å². The second-order valence-electron chi connectivity index (χ2n) is 9.69. The molecule has 2 aliphatic heterocycles. The maximum absolute atomic E-state index is 12.9. The molecule has 8 nitrogen and oxygen atoms in total. The van der Waals surface area contributed by atoms with Crippen LogP contribution in [0.1, 0.15) is 65.7 Å². The Kier molecular flexibility index (Phi) is 9.50. The summed E-state index contributed by atoms with van der Waals surface area (Å²) in [6.07, 6.45) is 6.54. The van der Waals surface area contributed by atoms with Crippen molar-refractivity contribution in [1.82, 2.24) is 14.5 Å². The molecule has 1 aromatic carbocycles. The minimum atomic E-state index is -3.49. The molecule has 3 unspecified atom stereocenters. The largest absolute Gasteiger partial charge is 0.353 e. The van der Waals surface area contributed by atoms with Crippen LogP contribution < -0.4 is 10.6 Å². The van der Waals surface area contributed by atoms with Gasteiger partial charge in [0.2, 0.25) is 21.8 Å². The van der Waals surface area contributed by atoms with Gasteiger partial charge in [-0.1, -0.05) is 19.8 Å². The Labute approximate surface area is 204 Å². The van der Waals surface area contributed by atoms with Gasteiger partial charge in [0.1, 0.15) is 0 Å². The quantitative estimate of drug-likeness (QED) is 0.552. The molecule has 34 heavy (non-hydrogen) atoms. The Morgan fingerprint density at radius 3 is 2.35 bits per heavy atom. The molecular formula is C25H40N4O4S. The summed E-state index contributed by atoms with van der Waals surface area (Å²) in [6.45, 7) is 8.44. The van der Waals surface area contributed by atoms with Gasteiger partial charge in [0.05, 0.1) is 16.9 Å². The predicted octanol–water partition coefficient (Wildman–Crippen LogP) is 3.21. The number of piperidine rings is 2. The second-order valence-corrected chi connectivity index (χ2v) is 11.6. The van der Waals surface area contributed by atoms with Crippen LogP contribution >= 0.6 is 0 Å². The number of hydrogen-bond donors (Lipinski definition) is 2. The summed E-state index contributed by atoms with van der Waals surface area (Å²) >= 11 is 0. The first-order valence-corrected chi connectivity index (χ1v) is 14.1. The molecule has 0 bridgehead atoms. The molecule has 2 aliphatic rings. The lowest BCUT2D eigenvalue weighted by atomic mass is 9.95. The summed E-state index contributed by atoms with van der Waals surface area (Å²) < 4.78 is 27.2. The zero-order valence-electron chi connectivity index (χ0n) is 20.8. The lowest BCUT2D eigenvalue weighted by Gasteiger charge is -2.35. The molecule has 2 amide bonds. The summed E-state index contributed by atoms with van der Waals surface area (Å²) in [4.78, 5) is 27.9. The fourth-order valence-electron chi connectivity index (χ4n) is 4.82. The first-order valence-electron chi connectivity index (χ1n) is 12.7. The van der Waals surface area contributed by atoms with E-state index in [1.165, 1.54) is 4.31 Å². The standard InChI is InChI=1S/C25H40N4O4S/c1-4-9-19(2)26-25(31)21-10-8-15-28(18-21)20(3)24(30)27-22-11-13-23(14-12-22)34(32,33)29-16-6-5-7-17-29/h11-14,19-21H,4-10,15-18H2,1-3H3,(H,26,31)(H,27,30). The molecule has 3 atom stereocenters. The summed E-state index contributed by atoms with van der Waals surface area (Å²) in [5.41, 5.74) is 0.564. The summed E-state index contributed by atoms with van der Waals surface area (Å²) in [6, 6.07) is 6.17. The number of likely N-dealkylation sites (tertiary alicyclic amines) is 1. The van der Waals surface area contributed by atoms with Crippen molar-refractivity contribution in [3.8, 4) is 0 Å². The maximum atomic E-state index is 12.9. The number of rotatable bonds is 9. The molecule has 0 aliphatic carbocycles. The van der Waals surface area contributed by atoms with Gasteiger partial charge in [-0.2, -0.15) is 4.31 Å². The van der Waals surface area contributed by atoms with Gasteiger partial charge in [0, 0.05) is 31.4 Å². The van der Waals surface area contributed by atoms with Crippen LogP contribution in [0.3, 0.4) is 0 Å². The molecule has 190 valence electrons. The molecule has 9 heteroatoms. The lowest BCUT2D eigenvalue weighted by Crippen LogP contribution is -2.50. The number of carbonyl (C=O) groups excluding carboxylic acids is 2. The van der Waals surface area contributed by atoms with E-state index in [9.17, 15) is 18.0 Å². The average Bonchev–Trinajstić information content (AvgIpc) is 2.84. The topological polar surface area (TPSA) is 98.8 Å². The van der Waals surface area contributed by atoms with Crippen molar-refractivity contribution in [2.45, 2.75) is 82.7 Å². The van der Waals surface area contributed by atoms with Crippen molar-refractivity contribution in [1.29, 1.82) is 0 Å². The van der Waals surface area contributed by atoms with Gasteiger partial charge < -0.3 is 10.6 Å². The number of nitrogens with zero attached hydrogens (tertiary/aromatic N) is 2. The molecule has 0 radical (unpaired) electrons. The van der Waals surface area contributed by atoms with Crippen LogP contribution in [0.4, 0.5) is 5.69 Å². The van der Waals surface area contributed by atoms with Crippen molar-refractivity contribution in [2.75, 3.05) is 31.5 Å². The second kappa shape index (κ2) is 12.1. The normalized spacial score (nSPS) is 22.0. The highest BCUT2D eigenvalue weighted by atomic mass is 32.2. The van der Waals surface area contributed by atoms with E-state index in [1.54, 1.807) is 24.3 Å². The van der Waals surface area contributed by atoms with Gasteiger partial charge in [-0.15, -0.1) is 0 Å². The molecule has 2 fully saturated rings. The van der Waals surface area contributed by atoms with Crippen molar-refractivity contribution < 1.29 is 18.0 Å². The van der Waals surface area contributed by atoms with Gasteiger partial charge in [0.15, 0.2) is 0 Å². The SMILES string of the molecule is CCCC(C)NC(=O)C1CCCN(C(C)C(=O)Nc2ccc(S(=O)(=O)N3CCCCC3)cc2)C1. The zero-order valence-corrected chi connectivity index (χ0v) is 21.6. The minimum absolute atomic E-state index is 0.0729. The minimum Gasteiger partial charge on any atom is -0.353 e. The summed E-state index contributed by atoms with van der Waals surface area (Å²) in [5.74, 6) is -0.196. The van der Waals surface area contributed by atoms with Crippen LogP contribution in [0.5, 0.6) is 0 Å². The van der Waals surface area contributed by atoms with Crippen LogP contribution in [0.2, 0.25) is 0 Å². The number of amides is 2. The van der Waals surface area contributed by atoms with E-state index >= 15 is 0 Å². The van der Waals surface area contributed by atoms with Gasteiger partial charge in [-0.3, -0.25) is 14.5 Å². The Morgan fingerprint density at radius 1 is 1.03 bits per heavy atom. The molecule has 2 N–H and O–H groups in total. The maximum Gasteiger partial charge on any atom is 0.243 e. The highest BCUT2D eigenvalue weighted by Gasteiger charge is 2.31. The van der Waals surface area contributed by atoms with Gasteiger partial charge >= 0.3 is 0 Å². The van der Waals surface area contributed by atoms with Crippen LogP contribution in [-0.4, -0.2) is 67.7 Å². The monoisotopic (exact) mass is 492 g/mol. The van der Waals surface area contributed by atoms with E-state index in [2.05, 4.69) is 22.5 Å². The number of carbonyl (C=O) groups is 2. The van der Waals surface area contributed by atoms with E-state index in [1.807, 2.05) is 13.8 Å². The third kappa shape index (κ3) is 6.79.